The van der Waals surface area contributed by atoms with E-state index in [2.05, 4.69) is 23.9 Å². The topological polar surface area (TPSA) is 26.8 Å². The molecule has 0 N–H and O–H groups in total. The van der Waals surface area contributed by atoms with Crippen molar-refractivity contribution in [3.05, 3.63) is 0 Å². The van der Waals surface area contributed by atoms with Crippen molar-refractivity contribution in [1.82, 2.24) is 15.1 Å². The Bertz CT molecular complexity index is 198. The predicted octanol–water partition coefficient (Wildman–Crippen LogP) is 1.49. The molecule has 1 saturated heterocycles. The number of hydrogen-bond donors (Lipinski definition) is 0. The van der Waals surface area contributed by atoms with E-state index in [1.54, 1.807) is 6.92 Å². The van der Waals surface area contributed by atoms with E-state index in [0.717, 1.165) is 26.2 Å². The highest BCUT2D eigenvalue weighted by atomic mass is 16.2. The minimum Gasteiger partial charge on any atom is -0.272 e. The van der Waals surface area contributed by atoms with Crippen LogP contribution >= 0.6 is 0 Å². The van der Waals surface area contributed by atoms with Gasteiger partial charge in [0, 0.05) is 33.1 Å². The van der Waals surface area contributed by atoms with Gasteiger partial charge in [-0.15, -0.1) is 0 Å². The zero-order valence-electron chi connectivity index (χ0n) is 10.2. The van der Waals surface area contributed by atoms with Crippen LogP contribution in [0.3, 0.4) is 0 Å². The number of hydrogen-bond acceptors (Lipinski definition) is 3. The van der Waals surface area contributed by atoms with Crippen LogP contribution < -0.4 is 0 Å². The van der Waals surface area contributed by atoms with Crippen LogP contribution in [-0.2, 0) is 4.79 Å². The van der Waals surface area contributed by atoms with Crippen LogP contribution in [0.15, 0.2) is 0 Å². The van der Waals surface area contributed by atoms with E-state index < -0.39 is 0 Å². The van der Waals surface area contributed by atoms with Gasteiger partial charge in [0.2, 0.25) is 5.91 Å². The molecule has 4 nitrogen and oxygen atoms in total. The Labute approximate surface area is 92.8 Å². The van der Waals surface area contributed by atoms with E-state index in [-0.39, 0.29) is 5.91 Å². The molecule has 1 aliphatic rings. The lowest BCUT2D eigenvalue weighted by atomic mass is 10.2. The zero-order valence-corrected chi connectivity index (χ0v) is 10.2. The summed E-state index contributed by atoms with van der Waals surface area (Å²) < 4.78 is 0. The summed E-state index contributed by atoms with van der Waals surface area (Å²) in [6.07, 6.45) is 3.69. The molecule has 0 aromatic carbocycles. The predicted molar refractivity (Wildman–Crippen MR) is 60.9 cm³/mol. The van der Waals surface area contributed by atoms with Crippen LogP contribution in [-0.4, -0.2) is 47.2 Å². The molecule has 1 heterocycles. The Kier molecular flexibility index (Phi) is 5.05. The van der Waals surface area contributed by atoms with E-state index in [4.69, 9.17) is 0 Å². The third-order valence-corrected chi connectivity index (χ3v) is 2.88. The maximum absolute atomic E-state index is 11.6. The molecule has 0 saturated carbocycles. The van der Waals surface area contributed by atoms with Crippen LogP contribution in [0.4, 0.5) is 0 Å². The Balaban J connectivity index is 2.66. The lowest BCUT2D eigenvalue weighted by molar-refractivity contribution is -0.199. The highest BCUT2D eigenvalue weighted by Crippen LogP contribution is 2.13. The number of nitrogens with zero attached hydrogens (tertiary/aromatic N) is 3. The first kappa shape index (κ1) is 12.5. The maximum atomic E-state index is 11.6. The van der Waals surface area contributed by atoms with Crippen LogP contribution in [0.1, 0.15) is 40.0 Å². The number of rotatable bonds is 4. The molecule has 0 spiro atoms. The minimum atomic E-state index is 0.126. The lowest BCUT2D eigenvalue weighted by Gasteiger charge is -2.42. The van der Waals surface area contributed by atoms with Crippen LogP contribution in [0.2, 0.25) is 0 Å². The van der Waals surface area contributed by atoms with Gasteiger partial charge in [0.15, 0.2) is 0 Å². The molecule has 0 aromatic heterocycles. The molecule has 88 valence electrons. The summed E-state index contributed by atoms with van der Waals surface area (Å²) in [4.78, 5) is 11.6. The van der Waals surface area contributed by atoms with Gasteiger partial charge in [0.25, 0.3) is 0 Å². The molecule has 4 heteroatoms. The van der Waals surface area contributed by atoms with Crippen molar-refractivity contribution >= 4 is 5.91 Å². The number of piperidine rings is 1. The quantitative estimate of drug-likeness (QED) is 0.662. The lowest BCUT2D eigenvalue weighted by Crippen LogP contribution is -2.56. The second kappa shape index (κ2) is 6.08. The Hall–Kier alpha value is -0.610. The third-order valence-electron chi connectivity index (χ3n) is 2.88. The zero-order chi connectivity index (χ0) is 11.3. The summed E-state index contributed by atoms with van der Waals surface area (Å²) in [7, 11) is 0. The molecule has 0 unspecified atom stereocenters. The molecule has 1 fully saturated rings. The van der Waals surface area contributed by atoms with Gasteiger partial charge in [-0.2, -0.15) is 0 Å². The van der Waals surface area contributed by atoms with Crippen molar-refractivity contribution in [3.63, 3.8) is 0 Å². The molecule has 15 heavy (non-hydrogen) atoms. The summed E-state index contributed by atoms with van der Waals surface area (Å²) in [6.45, 7) is 9.60. The molecule has 1 amide bonds. The second-order valence-electron chi connectivity index (χ2n) is 3.96. The summed E-state index contributed by atoms with van der Waals surface area (Å²) >= 11 is 0. The van der Waals surface area contributed by atoms with Gasteiger partial charge in [-0.05, 0) is 12.8 Å². The van der Waals surface area contributed by atoms with Crippen molar-refractivity contribution in [2.45, 2.75) is 40.0 Å². The van der Waals surface area contributed by atoms with Gasteiger partial charge < -0.3 is 0 Å². The molecule has 0 bridgehead atoms. The van der Waals surface area contributed by atoms with Gasteiger partial charge >= 0.3 is 0 Å². The van der Waals surface area contributed by atoms with Gasteiger partial charge in [-0.25, -0.2) is 15.1 Å². The van der Waals surface area contributed by atoms with E-state index in [0.29, 0.717) is 0 Å². The van der Waals surface area contributed by atoms with Crippen molar-refractivity contribution in [3.8, 4) is 0 Å². The molecular weight excluding hydrogens is 190 g/mol. The molecule has 0 aromatic rings. The first-order valence-corrected chi connectivity index (χ1v) is 6.01. The first-order chi connectivity index (χ1) is 7.20. The average Bonchev–Trinajstić information content (AvgIpc) is 2.26. The number of carbonyl (C=O) groups excluding carboxylic acids is 1. The van der Waals surface area contributed by atoms with Crippen molar-refractivity contribution in [1.29, 1.82) is 0 Å². The molecule has 0 radical (unpaired) electrons. The highest BCUT2D eigenvalue weighted by Gasteiger charge is 2.24. The molecular formula is C11H23N3O. The van der Waals surface area contributed by atoms with E-state index in [1.807, 2.05) is 5.12 Å². The molecule has 1 rings (SSSR count). The fourth-order valence-electron chi connectivity index (χ4n) is 2.14. The summed E-state index contributed by atoms with van der Waals surface area (Å²) in [5, 5.41) is 6.10. The van der Waals surface area contributed by atoms with Crippen molar-refractivity contribution < 1.29 is 4.79 Å². The summed E-state index contributed by atoms with van der Waals surface area (Å²) in [5.41, 5.74) is 0. The average molecular weight is 213 g/mol. The Morgan fingerprint density at radius 3 is 2.07 bits per heavy atom. The monoisotopic (exact) mass is 213 g/mol. The standard InChI is InChI=1S/C11H23N3O/c1-4-12(5-2)14(11(3)15)13-9-7-6-8-10-13/h4-10H2,1-3H3. The van der Waals surface area contributed by atoms with E-state index in [1.165, 1.54) is 19.3 Å². The Morgan fingerprint density at radius 1 is 1.13 bits per heavy atom. The van der Waals surface area contributed by atoms with Crippen molar-refractivity contribution in [2.24, 2.45) is 0 Å². The number of hydrazine groups is 2. The van der Waals surface area contributed by atoms with Crippen LogP contribution in [0.5, 0.6) is 0 Å². The molecule has 0 aliphatic carbocycles. The molecule has 1 aliphatic heterocycles. The maximum Gasteiger partial charge on any atom is 0.248 e. The first-order valence-electron chi connectivity index (χ1n) is 6.01. The van der Waals surface area contributed by atoms with Gasteiger partial charge in [0.05, 0.1) is 0 Å². The molecule has 0 atom stereocenters. The summed E-state index contributed by atoms with van der Waals surface area (Å²) in [5.74, 6) is 0.126. The largest absolute Gasteiger partial charge is 0.272 e. The van der Waals surface area contributed by atoms with Gasteiger partial charge in [0.1, 0.15) is 0 Å². The summed E-state index contributed by atoms with van der Waals surface area (Å²) in [6, 6.07) is 0. The third kappa shape index (κ3) is 3.18. The number of carbonyl (C=O) groups is 1. The van der Waals surface area contributed by atoms with Gasteiger partial charge in [-0.1, -0.05) is 20.3 Å². The Morgan fingerprint density at radius 2 is 1.67 bits per heavy atom. The number of amides is 1. The second-order valence-corrected chi connectivity index (χ2v) is 3.96. The minimum absolute atomic E-state index is 0.126. The van der Waals surface area contributed by atoms with Gasteiger partial charge in [-0.3, -0.25) is 4.79 Å². The van der Waals surface area contributed by atoms with Crippen LogP contribution in [0, 0.1) is 0 Å². The normalized spacial score (nSPS) is 18.1. The van der Waals surface area contributed by atoms with E-state index >= 15 is 0 Å². The highest BCUT2D eigenvalue weighted by molar-refractivity contribution is 5.72. The van der Waals surface area contributed by atoms with E-state index in [9.17, 15) is 4.79 Å². The van der Waals surface area contributed by atoms with Crippen molar-refractivity contribution in [2.75, 3.05) is 26.2 Å². The smallest absolute Gasteiger partial charge is 0.248 e. The van der Waals surface area contributed by atoms with Crippen LogP contribution in [0.25, 0.3) is 0 Å². The fourth-order valence-corrected chi connectivity index (χ4v) is 2.14. The SMILES string of the molecule is CCN(CC)N(C(C)=O)N1CCCCC1. The fraction of sp³-hybridized carbons (Fsp3) is 0.909.